The molecule has 1 aromatic rings. The maximum absolute atomic E-state index is 12.8. The Morgan fingerprint density at radius 2 is 1.47 bits per heavy atom. The largest absolute Gasteiger partial charge is 0.471 e. The molecule has 0 bridgehead atoms. The van der Waals surface area contributed by atoms with E-state index in [9.17, 15) is 33.6 Å². The normalized spacial score (nSPS) is 28.5. The van der Waals surface area contributed by atoms with Gasteiger partial charge in [-0.25, -0.2) is 9.59 Å². The van der Waals surface area contributed by atoms with E-state index in [1.165, 1.54) is 32.2 Å². The predicted octanol–water partition coefficient (Wildman–Crippen LogP) is 1.69. The van der Waals surface area contributed by atoms with Crippen molar-refractivity contribution in [2.24, 2.45) is 11.8 Å². The first-order valence-corrected chi connectivity index (χ1v) is 15.8. The summed E-state index contributed by atoms with van der Waals surface area (Å²) < 4.78 is 55.2. The molecule has 0 amide bonds. The van der Waals surface area contributed by atoms with E-state index in [2.05, 4.69) is 0 Å². The molecule has 0 N–H and O–H groups in total. The lowest BCUT2D eigenvalue weighted by Gasteiger charge is -2.47. The van der Waals surface area contributed by atoms with Gasteiger partial charge < -0.3 is 47.4 Å². The first-order valence-electron chi connectivity index (χ1n) is 15.8. The number of methoxy groups -OCH3 is 1. The Hall–Kier alpha value is -5.29. The van der Waals surface area contributed by atoms with E-state index in [1.807, 2.05) is 0 Å². The summed E-state index contributed by atoms with van der Waals surface area (Å²) in [4.78, 5) is 85.6. The number of ether oxygens (including phenoxy) is 10. The van der Waals surface area contributed by atoms with E-state index < -0.39 is 103 Å². The smallest absolute Gasteiger partial charge is 0.337 e. The molecule has 51 heavy (non-hydrogen) atoms. The van der Waals surface area contributed by atoms with Crippen LogP contribution in [0.5, 0.6) is 5.75 Å². The van der Waals surface area contributed by atoms with Gasteiger partial charge in [-0.05, 0) is 30.7 Å². The average molecular weight is 719 g/mol. The van der Waals surface area contributed by atoms with E-state index in [4.69, 9.17) is 47.4 Å². The van der Waals surface area contributed by atoms with Crippen LogP contribution in [0.2, 0.25) is 0 Å². The summed E-state index contributed by atoms with van der Waals surface area (Å²) in [5.74, 6) is -6.40. The van der Waals surface area contributed by atoms with Gasteiger partial charge in [-0.2, -0.15) is 0 Å². The molecule has 9 atom stereocenters. The second kappa shape index (κ2) is 17.1. The second-order valence-corrected chi connectivity index (χ2v) is 11.7. The van der Waals surface area contributed by atoms with Crippen molar-refractivity contribution in [2.45, 2.75) is 84.1 Å². The molecule has 0 radical (unpaired) electrons. The van der Waals surface area contributed by atoms with Crippen molar-refractivity contribution in [1.29, 1.82) is 0 Å². The van der Waals surface area contributed by atoms with E-state index in [-0.39, 0.29) is 12.0 Å². The zero-order valence-electron chi connectivity index (χ0n) is 28.6. The van der Waals surface area contributed by atoms with Crippen LogP contribution in [0.3, 0.4) is 0 Å². The SMILES string of the molecule is COC(=O)C1=CO[C@@H](O[C@@H]2O[C@H](COC(=O)/C=C/c3ccc(OC(C)=O)cc3)[C@H](OC(C)=O)[C@H](OC(C)=O)[C@H]2OC(C)=O)C2C1CC(=O)O[C@@H]2C. The molecule has 2 unspecified atom stereocenters. The van der Waals surface area contributed by atoms with Gasteiger partial charge in [0, 0.05) is 39.7 Å². The highest BCUT2D eigenvalue weighted by molar-refractivity contribution is 5.90. The summed E-state index contributed by atoms with van der Waals surface area (Å²) >= 11 is 0. The molecule has 2 fully saturated rings. The number of benzene rings is 1. The molecule has 1 aromatic carbocycles. The monoisotopic (exact) mass is 718 g/mol. The fourth-order valence-electron chi connectivity index (χ4n) is 5.88. The van der Waals surface area contributed by atoms with Crippen molar-refractivity contribution in [3.63, 3.8) is 0 Å². The molecule has 4 rings (SSSR count). The predicted molar refractivity (Wildman–Crippen MR) is 166 cm³/mol. The van der Waals surface area contributed by atoms with Crippen LogP contribution in [0, 0.1) is 11.8 Å². The maximum Gasteiger partial charge on any atom is 0.337 e. The van der Waals surface area contributed by atoms with Crippen molar-refractivity contribution in [1.82, 2.24) is 0 Å². The van der Waals surface area contributed by atoms with Crippen molar-refractivity contribution in [3.8, 4) is 5.75 Å². The minimum Gasteiger partial charge on any atom is -0.471 e. The van der Waals surface area contributed by atoms with E-state index in [0.29, 0.717) is 11.3 Å². The van der Waals surface area contributed by atoms with Gasteiger partial charge in [0.2, 0.25) is 12.6 Å². The standard InChI is InChI=1S/C34H38O17/c1-16-28-23(13-27(40)45-16)24(32(41)42-6)14-44-33(28)51-34-31(49-20(5)38)30(48-19(4)37)29(47-18(3)36)25(50-34)15-43-26(39)12-9-21-7-10-22(11-8-21)46-17(2)35/h7-12,14,16,23,25,28-31,33-34H,13,15H2,1-6H3/b12-9+/t16-,23?,25-,28?,29+,30+,31-,33+,34+/m1/s1. The first kappa shape index (κ1) is 38.5. The van der Waals surface area contributed by atoms with Crippen LogP contribution in [0.4, 0.5) is 0 Å². The first-order chi connectivity index (χ1) is 24.2. The average Bonchev–Trinajstić information content (AvgIpc) is 3.04. The van der Waals surface area contributed by atoms with Gasteiger partial charge in [-0.3, -0.25) is 24.0 Å². The minimum atomic E-state index is -1.62. The van der Waals surface area contributed by atoms with Crippen molar-refractivity contribution >= 4 is 47.9 Å². The third-order valence-corrected chi connectivity index (χ3v) is 7.88. The van der Waals surface area contributed by atoms with Gasteiger partial charge in [0.1, 0.15) is 24.6 Å². The quantitative estimate of drug-likeness (QED) is 0.138. The number of hydrogen-bond acceptors (Lipinski definition) is 17. The van der Waals surface area contributed by atoms with Crippen molar-refractivity contribution in [3.05, 3.63) is 47.7 Å². The van der Waals surface area contributed by atoms with Crippen LogP contribution in [0.15, 0.2) is 42.2 Å². The second-order valence-electron chi connectivity index (χ2n) is 11.7. The number of fused-ring (bicyclic) bond motifs is 1. The summed E-state index contributed by atoms with van der Waals surface area (Å²) in [6.45, 7) is 5.50. The molecule has 17 nitrogen and oxygen atoms in total. The zero-order valence-corrected chi connectivity index (χ0v) is 28.6. The Balaban J connectivity index is 1.61. The van der Waals surface area contributed by atoms with Crippen LogP contribution in [-0.2, 0) is 76.2 Å². The number of esters is 7. The maximum atomic E-state index is 12.8. The topological polar surface area (TPSA) is 212 Å². The Morgan fingerprint density at radius 3 is 2.08 bits per heavy atom. The van der Waals surface area contributed by atoms with Gasteiger partial charge in [0.15, 0.2) is 18.3 Å². The van der Waals surface area contributed by atoms with Crippen LogP contribution < -0.4 is 4.74 Å². The molecule has 3 heterocycles. The zero-order chi connectivity index (χ0) is 37.4. The lowest BCUT2D eigenvalue weighted by Crippen LogP contribution is -2.64. The van der Waals surface area contributed by atoms with Crippen molar-refractivity contribution in [2.75, 3.05) is 13.7 Å². The van der Waals surface area contributed by atoms with Gasteiger partial charge >= 0.3 is 41.8 Å². The van der Waals surface area contributed by atoms with Gasteiger partial charge in [-0.1, -0.05) is 12.1 Å². The fraction of sp³-hybridized carbons (Fsp3) is 0.500. The highest BCUT2D eigenvalue weighted by Crippen LogP contribution is 2.42. The highest BCUT2D eigenvalue weighted by atomic mass is 16.8. The molecular weight excluding hydrogens is 680 g/mol. The van der Waals surface area contributed by atoms with Gasteiger partial charge in [0.25, 0.3) is 0 Å². The molecule has 2 saturated heterocycles. The van der Waals surface area contributed by atoms with E-state index in [0.717, 1.165) is 33.1 Å². The third kappa shape index (κ3) is 10.1. The van der Waals surface area contributed by atoms with Crippen LogP contribution in [0.25, 0.3) is 6.08 Å². The Morgan fingerprint density at radius 1 is 0.843 bits per heavy atom. The molecule has 0 spiro atoms. The molecular formula is C34H38O17. The van der Waals surface area contributed by atoms with Crippen LogP contribution in [-0.4, -0.2) is 98.6 Å². The van der Waals surface area contributed by atoms with Gasteiger partial charge in [0.05, 0.1) is 31.3 Å². The Kier molecular flexibility index (Phi) is 12.9. The lowest BCUT2D eigenvalue weighted by molar-refractivity contribution is -0.348. The van der Waals surface area contributed by atoms with E-state index >= 15 is 0 Å². The van der Waals surface area contributed by atoms with Crippen LogP contribution in [0.1, 0.15) is 46.6 Å². The summed E-state index contributed by atoms with van der Waals surface area (Å²) in [5.41, 5.74) is 0.637. The number of hydrogen-bond donors (Lipinski definition) is 0. The molecule has 3 aliphatic rings. The number of rotatable bonds is 11. The molecule has 0 aromatic heterocycles. The molecule has 3 aliphatic heterocycles. The number of carbonyl (C=O) groups excluding carboxylic acids is 7. The van der Waals surface area contributed by atoms with Gasteiger partial charge in [-0.15, -0.1) is 0 Å². The molecule has 276 valence electrons. The molecule has 17 heteroatoms. The Bertz CT molecular complexity index is 1560. The number of carbonyl (C=O) groups is 7. The fourth-order valence-corrected chi connectivity index (χ4v) is 5.88. The summed E-state index contributed by atoms with van der Waals surface area (Å²) in [5, 5.41) is 0. The summed E-state index contributed by atoms with van der Waals surface area (Å²) in [7, 11) is 1.17. The highest BCUT2D eigenvalue weighted by Gasteiger charge is 2.56. The third-order valence-electron chi connectivity index (χ3n) is 7.88. The summed E-state index contributed by atoms with van der Waals surface area (Å²) in [6.07, 6.45) is -6.27. The minimum absolute atomic E-state index is 0.0674. The van der Waals surface area contributed by atoms with Crippen molar-refractivity contribution < 1.29 is 80.9 Å². The lowest BCUT2D eigenvalue weighted by atomic mass is 9.77. The number of cyclic esters (lactones) is 1. The van der Waals surface area contributed by atoms with Crippen LogP contribution >= 0.6 is 0 Å². The molecule has 0 saturated carbocycles. The summed E-state index contributed by atoms with van der Waals surface area (Å²) in [6, 6.07) is 6.25. The molecule has 0 aliphatic carbocycles. The Labute approximate surface area is 292 Å². The van der Waals surface area contributed by atoms with E-state index in [1.54, 1.807) is 19.1 Å².